The summed E-state index contributed by atoms with van der Waals surface area (Å²) in [7, 11) is -3.46. The Balaban J connectivity index is 1.32. The number of piperidine rings is 2. The third-order valence-electron chi connectivity index (χ3n) is 7.26. The maximum Gasteiger partial charge on any atom is 0.243 e. The number of rotatable bonds is 5. The molecular formula is C26H35FN2O2S. The lowest BCUT2D eigenvalue weighted by Crippen LogP contribution is -2.49. The van der Waals surface area contributed by atoms with Crippen molar-refractivity contribution in [1.82, 2.24) is 9.21 Å². The average Bonchev–Trinajstić information content (AvgIpc) is 2.75. The van der Waals surface area contributed by atoms with Gasteiger partial charge in [0.25, 0.3) is 0 Å². The van der Waals surface area contributed by atoms with Crippen LogP contribution in [0.25, 0.3) is 0 Å². The normalized spacial score (nSPS) is 20.0. The van der Waals surface area contributed by atoms with Gasteiger partial charge in [0.05, 0.1) is 4.90 Å². The van der Waals surface area contributed by atoms with Crippen molar-refractivity contribution in [2.45, 2.75) is 63.8 Å². The van der Waals surface area contributed by atoms with Gasteiger partial charge in [-0.1, -0.05) is 35.9 Å². The highest BCUT2D eigenvalue weighted by Gasteiger charge is 2.34. The molecule has 0 amide bonds. The van der Waals surface area contributed by atoms with E-state index < -0.39 is 10.0 Å². The Kier molecular flexibility index (Phi) is 7.03. The van der Waals surface area contributed by atoms with Crippen molar-refractivity contribution in [3.8, 4) is 0 Å². The fourth-order valence-corrected chi connectivity index (χ4v) is 7.53. The molecule has 0 unspecified atom stereocenters. The highest BCUT2D eigenvalue weighted by molar-refractivity contribution is 7.89. The van der Waals surface area contributed by atoms with Gasteiger partial charge >= 0.3 is 0 Å². The third kappa shape index (κ3) is 4.92. The maximum atomic E-state index is 14.0. The molecule has 2 aliphatic rings. The van der Waals surface area contributed by atoms with Crippen LogP contribution in [0, 0.1) is 32.5 Å². The van der Waals surface area contributed by atoms with Crippen molar-refractivity contribution in [3.05, 3.63) is 64.5 Å². The third-order valence-corrected chi connectivity index (χ3v) is 9.46. The molecule has 0 radical (unpaired) electrons. The first kappa shape index (κ1) is 23.4. The van der Waals surface area contributed by atoms with Crippen molar-refractivity contribution in [2.24, 2.45) is 5.92 Å². The van der Waals surface area contributed by atoms with Gasteiger partial charge in [0.15, 0.2) is 0 Å². The fourth-order valence-electron chi connectivity index (χ4n) is 5.65. The Morgan fingerprint density at radius 1 is 0.906 bits per heavy atom. The predicted molar refractivity (Wildman–Crippen MR) is 127 cm³/mol. The number of likely N-dealkylation sites (tertiary alicyclic amines) is 1. The van der Waals surface area contributed by atoms with Gasteiger partial charge in [-0.25, -0.2) is 12.8 Å². The van der Waals surface area contributed by atoms with Gasteiger partial charge in [0, 0.05) is 19.1 Å². The molecule has 2 heterocycles. The second-order valence-electron chi connectivity index (χ2n) is 9.64. The van der Waals surface area contributed by atoms with E-state index in [-0.39, 0.29) is 5.82 Å². The lowest BCUT2D eigenvalue weighted by molar-refractivity contribution is 0.0968. The van der Waals surface area contributed by atoms with Gasteiger partial charge in [0.1, 0.15) is 5.82 Å². The van der Waals surface area contributed by atoms with Crippen molar-refractivity contribution in [1.29, 1.82) is 0 Å². The maximum absolute atomic E-state index is 14.0. The number of benzene rings is 2. The number of hydrogen-bond donors (Lipinski definition) is 0. The van der Waals surface area contributed by atoms with Gasteiger partial charge < -0.3 is 4.90 Å². The lowest BCUT2D eigenvalue weighted by atomic mass is 9.88. The summed E-state index contributed by atoms with van der Waals surface area (Å²) in [6.45, 7) is 8.99. The Morgan fingerprint density at radius 2 is 1.50 bits per heavy atom. The van der Waals surface area contributed by atoms with Gasteiger partial charge in [-0.3, -0.25) is 0 Å². The first-order chi connectivity index (χ1) is 15.3. The standard InChI is InChI=1S/C26H35FN2O2S/c1-19-16-20(2)26(21(3)17-19)32(30,31)29-14-10-24(11-15-29)28-12-8-22(9-13-28)18-23-6-4-5-7-25(23)27/h4-7,16-17,22,24H,8-15,18H2,1-3H3. The quantitative estimate of drug-likeness (QED) is 0.643. The van der Waals surface area contributed by atoms with Gasteiger partial charge in [-0.2, -0.15) is 4.31 Å². The van der Waals surface area contributed by atoms with Crippen LogP contribution >= 0.6 is 0 Å². The summed E-state index contributed by atoms with van der Waals surface area (Å²) in [5.41, 5.74) is 3.59. The molecule has 4 rings (SSSR count). The smallest absolute Gasteiger partial charge is 0.243 e. The molecule has 0 N–H and O–H groups in total. The molecule has 0 bridgehead atoms. The van der Waals surface area contributed by atoms with Gasteiger partial charge in [0.2, 0.25) is 10.0 Å². The summed E-state index contributed by atoms with van der Waals surface area (Å²) in [5.74, 6) is 0.429. The predicted octanol–water partition coefficient (Wildman–Crippen LogP) is 4.86. The Hall–Kier alpha value is -1.76. The van der Waals surface area contributed by atoms with E-state index in [1.54, 1.807) is 16.4 Å². The van der Waals surface area contributed by atoms with Crippen LogP contribution in [0.2, 0.25) is 0 Å². The molecule has 174 valence electrons. The minimum absolute atomic E-state index is 0.0949. The van der Waals surface area contributed by atoms with Crippen LogP contribution in [0.4, 0.5) is 4.39 Å². The molecule has 32 heavy (non-hydrogen) atoms. The zero-order chi connectivity index (χ0) is 22.9. The Labute approximate surface area is 192 Å². The topological polar surface area (TPSA) is 40.6 Å². The number of nitrogens with zero attached hydrogens (tertiary/aromatic N) is 2. The van der Waals surface area contributed by atoms with Crippen LogP contribution in [0.15, 0.2) is 41.3 Å². The van der Waals surface area contributed by atoms with Gasteiger partial charge in [-0.05, 0) is 94.6 Å². The second-order valence-corrected chi connectivity index (χ2v) is 11.5. The summed E-state index contributed by atoms with van der Waals surface area (Å²) >= 11 is 0. The van der Waals surface area contributed by atoms with Crippen LogP contribution < -0.4 is 0 Å². The Bertz CT molecular complexity index is 1030. The zero-order valence-electron chi connectivity index (χ0n) is 19.5. The minimum atomic E-state index is -3.46. The summed E-state index contributed by atoms with van der Waals surface area (Å²) in [6.07, 6.45) is 4.72. The molecule has 2 aromatic rings. The summed E-state index contributed by atoms with van der Waals surface area (Å²) in [5, 5.41) is 0. The molecule has 2 aromatic carbocycles. The van der Waals surface area contributed by atoms with Crippen molar-refractivity contribution < 1.29 is 12.8 Å². The van der Waals surface area contributed by atoms with E-state index >= 15 is 0 Å². The van der Waals surface area contributed by atoms with E-state index in [4.69, 9.17) is 0 Å². The van der Waals surface area contributed by atoms with Gasteiger partial charge in [-0.15, -0.1) is 0 Å². The molecule has 0 saturated carbocycles. The average molecular weight is 459 g/mol. The van der Waals surface area contributed by atoms with Crippen LogP contribution in [0.1, 0.15) is 47.9 Å². The summed E-state index contributed by atoms with van der Waals surface area (Å²) in [6, 6.07) is 11.5. The number of aryl methyl sites for hydroxylation is 3. The molecular weight excluding hydrogens is 423 g/mol. The van der Waals surface area contributed by atoms with E-state index in [9.17, 15) is 12.8 Å². The molecule has 0 spiro atoms. The molecule has 0 atom stereocenters. The van der Waals surface area contributed by atoms with E-state index in [0.29, 0.717) is 29.9 Å². The first-order valence-corrected chi connectivity index (χ1v) is 13.2. The molecule has 0 aliphatic carbocycles. The van der Waals surface area contributed by atoms with Crippen molar-refractivity contribution in [2.75, 3.05) is 26.2 Å². The van der Waals surface area contributed by atoms with Crippen LogP contribution in [-0.4, -0.2) is 49.8 Å². The molecule has 4 nitrogen and oxygen atoms in total. The monoisotopic (exact) mass is 458 g/mol. The van der Waals surface area contributed by atoms with Crippen LogP contribution in [-0.2, 0) is 16.4 Å². The van der Waals surface area contributed by atoms with E-state index in [1.807, 2.05) is 45.0 Å². The molecule has 2 fully saturated rings. The molecule has 2 aliphatic heterocycles. The summed E-state index contributed by atoms with van der Waals surface area (Å²) in [4.78, 5) is 3.01. The minimum Gasteiger partial charge on any atom is -0.300 e. The molecule has 2 saturated heterocycles. The number of halogens is 1. The first-order valence-electron chi connectivity index (χ1n) is 11.8. The zero-order valence-corrected chi connectivity index (χ0v) is 20.3. The molecule has 0 aromatic heterocycles. The van der Waals surface area contributed by atoms with E-state index in [0.717, 1.165) is 67.4 Å². The SMILES string of the molecule is Cc1cc(C)c(S(=O)(=O)N2CCC(N3CCC(Cc4ccccc4F)CC3)CC2)c(C)c1. The molecule has 6 heteroatoms. The van der Waals surface area contributed by atoms with E-state index in [1.165, 1.54) is 0 Å². The largest absolute Gasteiger partial charge is 0.300 e. The van der Waals surface area contributed by atoms with Crippen molar-refractivity contribution in [3.63, 3.8) is 0 Å². The summed E-state index contributed by atoms with van der Waals surface area (Å²) < 4.78 is 42.4. The Morgan fingerprint density at radius 3 is 2.09 bits per heavy atom. The van der Waals surface area contributed by atoms with E-state index in [2.05, 4.69) is 4.90 Å². The van der Waals surface area contributed by atoms with Crippen molar-refractivity contribution >= 4 is 10.0 Å². The number of sulfonamides is 1. The van der Waals surface area contributed by atoms with Crippen LogP contribution in [0.5, 0.6) is 0 Å². The highest BCUT2D eigenvalue weighted by Crippen LogP contribution is 2.30. The lowest BCUT2D eigenvalue weighted by Gasteiger charge is -2.41. The number of hydrogen-bond acceptors (Lipinski definition) is 3. The fraction of sp³-hybridized carbons (Fsp3) is 0.538. The highest BCUT2D eigenvalue weighted by atomic mass is 32.2. The van der Waals surface area contributed by atoms with Crippen LogP contribution in [0.3, 0.4) is 0 Å². The second kappa shape index (κ2) is 9.62.